The second kappa shape index (κ2) is 5.28. The van der Waals surface area contributed by atoms with Crippen molar-refractivity contribution in [3.05, 3.63) is 0 Å². The summed E-state index contributed by atoms with van der Waals surface area (Å²) in [5.74, 6) is 0. The topological polar surface area (TPSA) is 41.5 Å². The van der Waals surface area contributed by atoms with Crippen molar-refractivity contribution in [3.63, 3.8) is 0 Å². The molecule has 2 fully saturated rings. The van der Waals surface area contributed by atoms with Gasteiger partial charge < -0.3 is 15.2 Å². The molecule has 88 valence electrons. The Morgan fingerprint density at radius 3 is 2.47 bits per heavy atom. The van der Waals surface area contributed by atoms with Crippen LogP contribution < -0.4 is 5.32 Å². The smallest absolute Gasteiger partial charge is 0.0483 e. The fourth-order valence-electron chi connectivity index (χ4n) is 2.95. The van der Waals surface area contributed by atoms with Gasteiger partial charge in [0.15, 0.2) is 0 Å². The first-order chi connectivity index (χ1) is 7.35. The molecule has 1 saturated heterocycles. The molecule has 0 aromatic carbocycles. The maximum Gasteiger partial charge on any atom is 0.0483 e. The van der Waals surface area contributed by atoms with E-state index in [1.165, 1.54) is 25.7 Å². The Labute approximate surface area is 92.2 Å². The highest BCUT2D eigenvalue weighted by Crippen LogP contribution is 2.28. The molecule has 15 heavy (non-hydrogen) atoms. The quantitative estimate of drug-likeness (QED) is 0.742. The van der Waals surface area contributed by atoms with Gasteiger partial charge in [-0.2, -0.15) is 0 Å². The number of aliphatic hydroxyl groups is 1. The Bertz CT molecular complexity index is 179. The maximum atomic E-state index is 9.18. The molecular weight excluding hydrogens is 190 g/mol. The number of hydrogen-bond acceptors (Lipinski definition) is 3. The van der Waals surface area contributed by atoms with Gasteiger partial charge >= 0.3 is 0 Å². The number of hydrogen-bond donors (Lipinski definition) is 2. The van der Waals surface area contributed by atoms with Crippen molar-refractivity contribution in [3.8, 4) is 0 Å². The molecule has 0 aromatic rings. The van der Waals surface area contributed by atoms with Crippen LogP contribution in [0.1, 0.15) is 44.9 Å². The van der Waals surface area contributed by atoms with E-state index >= 15 is 0 Å². The van der Waals surface area contributed by atoms with E-state index in [4.69, 9.17) is 4.74 Å². The highest BCUT2D eigenvalue weighted by molar-refractivity contribution is 4.93. The molecule has 0 amide bonds. The van der Waals surface area contributed by atoms with Crippen molar-refractivity contribution in [1.82, 2.24) is 5.32 Å². The van der Waals surface area contributed by atoms with E-state index in [0.717, 1.165) is 32.5 Å². The Hall–Kier alpha value is -0.120. The molecule has 0 radical (unpaired) electrons. The molecule has 1 saturated carbocycles. The predicted molar refractivity (Wildman–Crippen MR) is 59.9 cm³/mol. The van der Waals surface area contributed by atoms with E-state index in [9.17, 15) is 5.11 Å². The lowest BCUT2D eigenvalue weighted by atomic mass is 9.86. The third kappa shape index (κ3) is 2.92. The lowest BCUT2D eigenvalue weighted by molar-refractivity contribution is 0.0226. The molecule has 2 aliphatic rings. The predicted octanol–water partition coefficient (Wildman–Crippen LogP) is 1.45. The Balaban J connectivity index is 1.90. The van der Waals surface area contributed by atoms with Gasteiger partial charge in [-0.25, -0.2) is 0 Å². The van der Waals surface area contributed by atoms with Gasteiger partial charge in [-0.3, -0.25) is 0 Å². The van der Waals surface area contributed by atoms with Gasteiger partial charge in [0.05, 0.1) is 0 Å². The number of aliphatic hydroxyl groups excluding tert-OH is 1. The maximum absolute atomic E-state index is 9.18. The molecule has 3 nitrogen and oxygen atoms in total. The summed E-state index contributed by atoms with van der Waals surface area (Å²) in [6.45, 7) is 1.99. The summed E-state index contributed by atoms with van der Waals surface area (Å²) in [7, 11) is 0. The van der Waals surface area contributed by atoms with Crippen LogP contribution in [0.15, 0.2) is 0 Å². The van der Waals surface area contributed by atoms with Crippen LogP contribution in [0.5, 0.6) is 0 Å². The summed E-state index contributed by atoms with van der Waals surface area (Å²) in [4.78, 5) is 0. The zero-order chi connectivity index (χ0) is 10.6. The molecule has 0 bridgehead atoms. The molecular formula is C12H23NO2. The van der Waals surface area contributed by atoms with Gasteiger partial charge in [0, 0.05) is 31.4 Å². The molecule has 0 spiro atoms. The van der Waals surface area contributed by atoms with Gasteiger partial charge in [-0.05, 0) is 32.1 Å². The first kappa shape index (κ1) is 11.4. The summed E-state index contributed by atoms with van der Waals surface area (Å²) in [5.41, 5.74) is 0.169. The van der Waals surface area contributed by atoms with E-state index in [1.807, 2.05) is 0 Å². The fourth-order valence-corrected chi connectivity index (χ4v) is 2.95. The van der Waals surface area contributed by atoms with Crippen molar-refractivity contribution < 1.29 is 9.84 Å². The van der Waals surface area contributed by atoms with E-state index in [2.05, 4.69) is 5.32 Å². The Morgan fingerprint density at radius 2 is 1.87 bits per heavy atom. The molecule has 2 rings (SSSR count). The third-order valence-electron chi connectivity index (χ3n) is 3.91. The first-order valence-corrected chi connectivity index (χ1v) is 6.31. The minimum atomic E-state index is 0.169. The fraction of sp³-hybridized carbons (Fsp3) is 1.00. The van der Waals surface area contributed by atoms with Crippen LogP contribution in [-0.4, -0.2) is 36.5 Å². The zero-order valence-electron chi connectivity index (χ0n) is 9.50. The molecule has 3 heteroatoms. The van der Waals surface area contributed by atoms with Gasteiger partial charge in [0.25, 0.3) is 0 Å². The van der Waals surface area contributed by atoms with Crippen LogP contribution >= 0.6 is 0 Å². The molecule has 1 heterocycles. The number of nitrogens with one attached hydrogen (secondary N) is 1. The molecule has 1 aliphatic carbocycles. The van der Waals surface area contributed by atoms with Crippen molar-refractivity contribution in [2.45, 2.75) is 56.5 Å². The molecule has 1 aliphatic heterocycles. The van der Waals surface area contributed by atoms with Crippen molar-refractivity contribution in [2.24, 2.45) is 0 Å². The van der Waals surface area contributed by atoms with E-state index < -0.39 is 0 Å². The van der Waals surface area contributed by atoms with Crippen LogP contribution in [0.25, 0.3) is 0 Å². The second-order valence-corrected chi connectivity index (χ2v) is 4.99. The zero-order valence-corrected chi connectivity index (χ0v) is 9.50. The van der Waals surface area contributed by atoms with E-state index in [-0.39, 0.29) is 5.54 Å². The second-order valence-electron chi connectivity index (χ2n) is 4.99. The Morgan fingerprint density at radius 1 is 1.20 bits per heavy atom. The summed E-state index contributed by atoms with van der Waals surface area (Å²) in [6.07, 6.45) is 8.36. The average molecular weight is 213 g/mol. The largest absolute Gasteiger partial charge is 0.396 e. The lowest BCUT2D eigenvalue weighted by Crippen LogP contribution is -2.53. The standard InChI is InChI=1S/C12H23NO2/c14-8-5-12(6-9-15-10-7-12)13-11-3-1-2-4-11/h11,13-14H,1-10H2. The highest BCUT2D eigenvalue weighted by atomic mass is 16.5. The highest BCUT2D eigenvalue weighted by Gasteiger charge is 2.34. The summed E-state index contributed by atoms with van der Waals surface area (Å²) in [5, 5.41) is 13.0. The van der Waals surface area contributed by atoms with Gasteiger partial charge in [-0.1, -0.05) is 12.8 Å². The molecule has 0 unspecified atom stereocenters. The van der Waals surface area contributed by atoms with Crippen LogP contribution in [0.2, 0.25) is 0 Å². The van der Waals surface area contributed by atoms with Gasteiger partial charge in [0.1, 0.15) is 0 Å². The van der Waals surface area contributed by atoms with E-state index in [1.54, 1.807) is 0 Å². The van der Waals surface area contributed by atoms with Crippen molar-refractivity contribution >= 4 is 0 Å². The van der Waals surface area contributed by atoms with Gasteiger partial charge in [0.2, 0.25) is 0 Å². The Kier molecular flexibility index (Phi) is 4.00. The van der Waals surface area contributed by atoms with Crippen LogP contribution in [0, 0.1) is 0 Å². The van der Waals surface area contributed by atoms with Crippen molar-refractivity contribution in [2.75, 3.05) is 19.8 Å². The number of ether oxygens (including phenoxy) is 1. The minimum Gasteiger partial charge on any atom is -0.396 e. The summed E-state index contributed by atoms with van der Waals surface area (Å²) in [6, 6.07) is 0.689. The van der Waals surface area contributed by atoms with Crippen molar-refractivity contribution in [1.29, 1.82) is 0 Å². The van der Waals surface area contributed by atoms with Crippen LogP contribution in [0.3, 0.4) is 0 Å². The SMILES string of the molecule is OCCC1(NC2CCCC2)CCOCC1. The molecule has 0 atom stereocenters. The average Bonchev–Trinajstić information content (AvgIpc) is 2.72. The normalized spacial score (nSPS) is 27.0. The minimum absolute atomic E-state index is 0.169. The third-order valence-corrected chi connectivity index (χ3v) is 3.91. The molecule has 0 aromatic heterocycles. The van der Waals surface area contributed by atoms with Crippen LogP contribution in [0.4, 0.5) is 0 Å². The number of rotatable bonds is 4. The monoisotopic (exact) mass is 213 g/mol. The van der Waals surface area contributed by atoms with Gasteiger partial charge in [-0.15, -0.1) is 0 Å². The molecule has 2 N–H and O–H groups in total. The summed E-state index contributed by atoms with van der Waals surface area (Å²) < 4.78 is 5.41. The van der Waals surface area contributed by atoms with E-state index in [0.29, 0.717) is 12.6 Å². The van der Waals surface area contributed by atoms with Crippen LogP contribution in [-0.2, 0) is 4.74 Å². The summed E-state index contributed by atoms with van der Waals surface area (Å²) >= 11 is 0. The lowest BCUT2D eigenvalue weighted by Gasteiger charge is -2.40. The first-order valence-electron chi connectivity index (χ1n) is 6.31.